The minimum absolute atomic E-state index is 0.0297. The Bertz CT molecular complexity index is 592. The van der Waals surface area contributed by atoms with Gasteiger partial charge in [-0.15, -0.1) is 0 Å². The lowest BCUT2D eigenvalue weighted by Gasteiger charge is -2.23. The van der Waals surface area contributed by atoms with Crippen molar-refractivity contribution in [1.29, 1.82) is 0 Å². The second-order valence-electron chi connectivity index (χ2n) is 4.74. The van der Waals surface area contributed by atoms with Crippen LogP contribution in [0.3, 0.4) is 0 Å². The number of alkyl halides is 3. The van der Waals surface area contributed by atoms with Gasteiger partial charge in [-0.05, 0) is 18.2 Å². The van der Waals surface area contributed by atoms with E-state index in [1.165, 1.54) is 6.07 Å². The number of piperazine rings is 1. The second-order valence-corrected chi connectivity index (χ2v) is 5.15. The average molecular weight is 336 g/mol. The molecule has 2 rings (SSSR count). The van der Waals surface area contributed by atoms with Gasteiger partial charge in [-0.3, -0.25) is 9.59 Å². The first-order chi connectivity index (χ1) is 10.3. The third-order valence-corrected chi connectivity index (χ3v) is 3.41. The summed E-state index contributed by atoms with van der Waals surface area (Å²) < 4.78 is 38.2. The normalized spacial score (nSPS) is 18.7. The van der Waals surface area contributed by atoms with E-state index < -0.39 is 28.7 Å². The molecule has 0 saturated carbocycles. The summed E-state index contributed by atoms with van der Waals surface area (Å²) >= 11 is 5.50. The molecule has 1 aliphatic heterocycles. The number of anilines is 1. The average Bonchev–Trinajstić information content (AvgIpc) is 2.42. The van der Waals surface area contributed by atoms with E-state index in [9.17, 15) is 22.8 Å². The standard InChI is InChI=1S/C13H13ClF3N3O2/c14-9-2-1-7(5-8(9)13(15,16)17)20-11(21)6-10-12(22)19-4-3-18-10/h1-2,5,10,18H,3-4,6H2,(H,19,22)(H,20,21)/t10-/m0/s1. The maximum atomic E-state index is 12.7. The fourth-order valence-electron chi connectivity index (χ4n) is 2.03. The highest BCUT2D eigenvalue weighted by Crippen LogP contribution is 2.36. The summed E-state index contributed by atoms with van der Waals surface area (Å²) in [5, 5.41) is 7.33. The Kier molecular flexibility index (Phi) is 4.92. The molecule has 9 heteroatoms. The van der Waals surface area contributed by atoms with Crippen molar-refractivity contribution in [1.82, 2.24) is 10.6 Å². The molecule has 2 amide bonds. The largest absolute Gasteiger partial charge is 0.417 e. The zero-order valence-electron chi connectivity index (χ0n) is 11.3. The topological polar surface area (TPSA) is 70.2 Å². The molecule has 120 valence electrons. The smallest absolute Gasteiger partial charge is 0.353 e. The molecule has 1 aromatic carbocycles. The number of benzene rings is 1. The molecule has 0 unspecified atom stereocenters. The quantitative estimate of drug-likeness (QED) is 0.788. The Hall–Kier alpha value is -1.80. The molecule has 0 radical (unpaired) electrons. The van der Waals surface area contributed by atoms with Crippen LogP contribution >= 0.6 is 11.6 Å². The molecule has 0 spiro atoms. The number of nitrogens with one attached hydrogen (secondary N) is 3. The molecule has 1 atom stereocenters. The number of amides is 2. The Morgan fingerprint density at radius 1 is 1.36 bits per heavy atom. The molecule has 1 heterocycles. The molecule has 1 fully saturated rings. The Balaban J connectivity index is 2.04. The van der Waals surface area contributed by atoms with Gasteiger partial charge in [-0.1, -0.05) is 11.6 Å². The maximum absolute atomic E-state index is 12.7. The molecule has 1 aliphatic rings. The zero-order valence-corrected chi connectivity index (χ0v) is 12.0. The van der Waals surface area contributed by atoms with Crippen LogP contribution in [0.5, 0.6) is 0 Å². The molecule has 3 N–H and O–H groups in total. The van der Waals surface area contributed by atoms with Crippen LogP contribution < -0.4 is 16.0 Å². The molecule has 5 nitrogen and oxygen atoms in total. The fourth-order valence-corrected chi connectivity index (χ4v) is 2.26. The van der Waals surface area contributed by atoms with Crippen LogP contribution in [0.1, 0.15) is 12.0 Å². The molecule has 0 aliphatic carbocycles. The molecule has 1 saturated heterocycles. The number of hydrogen-bond donors (Lipinski definition) is 3. The lowest BCUT2D eigenvalue weighted by molar-refractivity contribution is -0.137. The van der Waals surface area contributed by atoms with Gasteiger partial charge in [0.15, 0.2) is 0 Å². The first-order valence-electron chi connectivity index (χ1n) is 6.45. The van der Waals surface area contributed by atoms with E-state index in [2.05, 4.69) is 16.0 Å². The van der Waals surface area contributed by atoms with E-state index in [-0.39, 0.29) is 18.0 Å². The van der Waals surface area contributed by atoms with Gasteiger partial charge in [0.05, 0.1) is 23.0 Å². The van der Waals surface area contributed by atoms with Crippen LogP contribution in [0.4, 0.5) is 18.9 Å². The van der Waals surface area contributed by atoms with Gasteiger partial charge in [0.1, 0.15) is 0 Å². The van der Waals surface area contributed by atoms with Gasteiger partial charge in [0, 0.05) is 18.8 Å². The van der Waals surface area contributed by atoms with Crippen molar-refractivity contribution in [2.45, 2.75) is 18.6 Å². The van der Waals surface area contributed by atoms with Gasteiger partial charge in [-0.25, -0.2) is 0 Å². The zero-order chi connectivity index (χ0) is 16.3. The summed E-state index contributed by atoms with van der Waals surface area (Å²) in [7, 11) is 0. The van der Waals surface area contributed by atoms with Gasteiger partial charge < -0.3 is 16.0 Å². The second kappa shape index (κ2) is 6.53. The van der Waals surface area contributed by atoms with Crippen molar-refractivity contribution in [2.24, 2.45) is 0 Å². The molecule has 22 heavy (non-hydrogen) atoms. The van der Waals surface area contributed by atoms with Crippen molar-refractivity contribution >= 4 is 29.1 Å². The predicted molar refractivity (Wildman–Crippen MR) is 74.5 cm³/mol. The van der Waals surface area contributed by atoms with E-state index in [0.29, 0.717) is 13.1 Å². The Morgan fingerprint density at radius 3 is 2.73 bits per heavy atom. The van der Waals surface area contributed by atoms with Gasteiger partial charge in [0.25, 0.3) is 0 Å². The monoisotopic (exact) mass is 335 g/mol. The lowest BCUT2D eigenvalue weighted by Crippen LogP contribution is -2.53. The number of carbonyl (C=O) groups excluding carboxylic acids is 2. The number of halogens is 4. The molecule has 1 aromatic rings. The van der Waals surface area contributed by atoms with Crippen molar-refractivity contribution < 1.29 is 22.8 Å². The first-order valence-corrected chi connectivity index (χ1v) is 6.83. The van der Waals surface area contributed by atoms with E-state index in [1.807, 2.05) is 0 Å². The third-order valence-electron chi connectivity index (χ3n) is 3.08. The van der Waals surface area contributed by atoms with Crippen molar-refractivity contribution in [2.75, 3.05) is 18.4 Å². The van der Waals surface area contributed by atoms with Crippen LogP contribution in [0, 0.1) is 0 Å². The number of rotatable bonds is 3. The minimum atomic E-state index is -4.61. The summed E-state index contributed by atoms with van der Waals surface area (Å²) in [6.45, 7) is 1.01. The maximum Gasteiger partial charge on any atom is 0.417 e. The highest BCUT2D eigenvalue weighted by Gasteiger charge is 2.33. The van der Waals surface area contributed by atoms with Gasteiger partial charge >= 0.3 is 6.18 Å². The third kappa shape index (κ3) is 4.11. The highest BCUT2D eigenvalue weighted by atomic mass is 35.5. The minimum Gasteiger partial charge on any atom is -0.353 e. The summed E-state index contributed by atoms with van der Waals surface area (Å²) in [5.41, 5.74) is -1.06. The SMILES string of the molecule is O=C(C[C@@H]1NCCNC1=O)Nc1ccc(Cl)c(C(F)(F)F)c1. The highest BCUT2D eigenvalue weighted by molar-refractivity contribution is 6.31. The van der Waals surface area contributed by atoms with Crippen LogP contribution in [-0.2, 0) is 15.8 Å². The van der Waals surface area contributed by atoms with Crippen LogP contribution in [0.25, 0.3) is 0 Å². The van der Waals surface area contributed by atoms with Crippen LogP contribution in [0.15, 0.2) is 18.2 Å². The molecular formula is C13H13ClF3N3O2. The summed E-state index contributed by atoms with van der Waals surface area (Å²) in [4.78, 5) is 23.3. The summed E-state index contributed by atoms with van der Waals surface area (Å²) in [6.07, 6.45) is -4.78. The number of hydrogen-bond acceptors (Lipinski definition) is 3. The number of carbonyl (C=O) groups is 2. The van der Waals surface area contributed by atoms with E-state index in [1.54, 1.807) is 0 Å². The van der Waals surface area contributed by atoms with Gasteiger partial charge in [-0.2, -0.15) is 13.2 Å². The van der Waals surface area contributed by atoms with E-state index in [0.717, 1.165) is 12.1 Å². The first kappa shape index (κ1) is 16.6. The summed E-state index contributed by atoms with van der Waals surface area (Å²) in [6, 6.07) is 2.40. The van der Waals surface area contributed by atoms with E-state index >= 15 is 0 Å². The fraction of sp³-hybridized carbons (Fsp3) is 0.385. The molecule has 0 aromatic heterocycles. The summed E-state index contributed by atoms with van der Waals surface area (Å²) in [5.74, 6) is -0.876. The van der Waals surface area contributed by atoms with Crippen molar-refractivity contribution in [3.8, 4) is 0 Å². The predicted octanol–water partition coefficient (Wildman–Crippen LogP) is 1.78. The van der Waals surface area contributed by atoms with Crippen molar-refractivity contribution in [3.05, 3.63) is 28.8 Å². The van der Waals surface area contributed by atoms with Gasteiger partial charge in [0.2, 0.25) is 11.8 Å². The van der Waals surface area contributed by atoms with Crippen LogP contribution in [0.2, 0.25) is 5.02 Å². The van der Waals surface area contributed by atoms with E-state index in [4.69, 9.17) is 11.6 Å². The molecular weight excluding hydrogens is 323 g/mol. The Labute approximate surface area is 129 Å². The van der Waals surface area contributed by atoms with Crippen molar-refractivity contribution in [3.63, 3.8) is 0 Å². The van der Waals surface area contributed by atoms with Crippen LogP contribution in [-0.4, -0.2) is 30.9 Å². The Morgan fingerprint density at radius 2 is 2.09 bits per heavy atom. The molecule has 0 bridgehead atoms. The lowest BCUT2D eigenvalue weighted by atomic mass is 10.1.